The lowest BCUT2D eigenvalue weighted by molar-refractivity contribution is 0.510. The summed E-state index contributed by atoms with van der Waals surface area (Å²) < 4.78 is 22.6. The fraction of sp³-hybridized carbons (Fsp3) is 0.538. The molecular weight excluding hydrogens is 234 g/mol. The van der Waals surface area contributed by atoms with Crippen molar-refractivity contribution in [1.82, 2.24) is 5.32 Å². The zero-order valence-corrected chi connectivity index (χ0v) is 11.5. The zero-order valence-electron chi connectivity index (χ0n) is 10.7. The number of likely N-dealkylation sites (N-methyl/N-ethyl adjacent to an activating group) is 1. The Hall–Kier alpha value is -0.870. The van der Waals surface area contributed by atoms with Gasteiger partial charge in [-0.3, -0.25) is 0 Å². The lowest BCUT2D eigenvalue weighted by Gasteiger charge is -2.15. The second-order valence-electron chi connectivity index (χ2n) is 4.28. The molecule has 0 aliphatic heterocycles. The van der Waals surface area contributed by atoms with E-state index in [4.69, 9.17) is 0 Å². The maximum atomic E-state index is 11.3. The van der Waals surface area contributed by atoms with Crippen LogP contribution in [-0.2, 0) is 16.3 Å². The smallest absolute Gasteiger partial charge is 0.175 e. The van der Waals surface area contributed by atoms with Crippen molar-refractivity contribution >= 4 is 9.84 Å². The molecule has 0 saturated carbocycles. The van der Waals surface area contributed by atoms with Crippen LogP contribution in [0, 0.1) is 0 Å². The van der Waals surface area contributed by atoms with Crippen molar-refractivity contribution in [2.45, 2.75) is 37.6 Å². The third-order valence-corrected chi connectivity index (χ3v) is 3.95. The molecule has 0 aliphatic carbocycles. The van der Waals surface area contributed by atoms with Gasteiger partial charge in [-0.05, 0) is 37.1 Å². The molecule has 0 radical (unpaired) electrons. The summed E-state index contributed by atoms with van der Waals surface area (Å²) in [7, 11) is -3.08. The Labute approximate surface area is 104 Å². The van der Waals surface area contributed by atoms with E-state index in [1.165, 1.54) is 11.8 Å². The van der Waals surface area contributed by atoms with Crippen LogP contribution in [0.3, 0.4) is 0 Å². The van der Waals surface area contributed by atoms with Crippen LogP contribution in [0.1, 0.15) is 25.8 Å². The molecule has 1 atom stereocenters. The maximum absolute atomic E-state index is 11.3. The quantitative estimate of drug-likeness (QED) is 0.846. The van der Waals surface area contributed by atoms with Gasteiger partial charge in [-0.2, -0.15) is 0 Å². The van der Waals surface area contributed by atoms with Gasteiger partial charge < -0.3 is 5.32 Å². The Morgan fingerprint density at radius 2 is 1.76 bits per heavy atom. The monoisotopic (exact) mass is 255 g/mol. The highest BCUT2D eigenvalue weighted by Gasteiger charge is 2.08. The molecule has 1 rings (SSSR count). The highest BCUT2D eigenvalue weighted by molar-refractivity contribution is 7.90. The summed E-state index contributed by atoms with van der Waals surface area (Å²) in [5, 5.41) is 3.41. The third-order valence-electron chi connectivity index (χ3n) is 2.82. The first kappa shape index (κ1) is 14.2. The number of sulfone groups is 1. The van der Waals surface area contributed by atoms with E-state index in [2.05, 4.69) is 19.2 Å². The van der Waals surface area contributed by atoms with Crippen LogP contribution in [0.25, 0.3) is 0 Å². The predicted molar refractivity (Wildman–Crippen MR) is 71.0 cm³/mol. The lowest BCUT2D eigenvalue weighted by atomic mass is 10.0. The first-order valence-electron chi connectivity index (χ1n) is 5.99. The van der Waals surface area contributed by atoms with Crippen LogP contribution in [0.15, 0.2) is 29.2 Å². The van der Waals surface area contributed by atoms with Crippen molar-refractivity contribution in [3.8, 4) is 0 Å². The minimum Gasteiger partial charge on any atom is -0.314 e. The molecule has 1 aromatic carbocycles. The molecule has 1 N–H and O–H groups in total. The Morgan fingerprint density at radius 1 is 1.18 bits per heavy atom. The van der Waals surface area contributed by atoms with Crippen LogP contribution in [0.4, 0.5) is 0 Å². The van der Waals surface area contributed by atoms with E-state index < -0.39 is 9.84 Å². The van der Waals surface area contributed by atoms with E-state index in [1.54, 1.807) is 12.1 Å². The summed E-state index contributed by atoms with van der Waals surface area (Å²) in [6, 6.07) is 7.63. The first-order valence-corrected chi connectivity index (χ1v) is 7.88. The van der Waals surface area contributed by atoms with Crippen molar-refractivity contribution in [2.75, 3.05) is 12.8 Å². The summed E-state index contributed by atoms with van der Waals surface area (Å²) in [5.41, 5.74) is 1.17. The van der Waals surface area contributed by atoms with Gasteiger partial charge in [-0.15, -0.1) is 0 Å². The SMILES string of the molecule is CCNC(CC)Cc1ccc(S(C)(=O)=O)cc1. The predicted octanol–water partition coefficient (Wildman–Crippen LogP) is 2.02. The van der Waals surface area contributed by atoms with Crippen LogP contribution in [0.2, 0.25) is 0 Å². The van der Waals surface area contributed by atoms with Gasteiger partial charge in [0.25, 0.3) is 0 Å². The summed E-state index contributed by atoms with van der Waals surface area (Å²) in [5.74, 6) is 0. The molecule has 0 heterocycles. The minimum atomic E-state index is -3.08. The van der Waals surface area contributed by atoms with E-state index in [-0.39, 0.29) is 0 Å². The van der Waals surface area contributed by atoms with E-state index in [0.717, 1.165) is 19.4 Å². The Bertz CT molecular complexity index is 437. The Morgan fingerprint density at radius 3 is 2.18 bits per heavy atom. The molecule has 0 bridgehead atoms. The fourth-order valence-corrected chi connectivity index (χ4v) is 2.44. The van der Waals surface area contributed by atoms with Gasteiger partial charge in [-0.25, -0.2) is 8.42 Å². The van der Waals surface area contributed by atoms with Gasteiger partial charge >= 0.3 is 0 Å². The van der Waals surface area contributed by atoms with Crippen LogP contribution in [0.5, 0.6) is 0 Å². The Kier molecular flexibility index (Phi) is 5.15. The fourth-order valence-electron chi connectivity index (χ4n) is 1.81. The molecule has 0 fully saturated rings. The number of nitrogens with one attached hydrogen (secondary N) is 1. The maximum Gasteiger partial charge on any atom is 0.175 e. The first-order chi connectivity index (χ1) is 7.97. The molecule has 0 aromatic heterocycles. The number of hydrogen-bond donors (Lipinski definition) is 1. The number of hydrogen-bond acceptors (Lipinski definition) is 3. The van der Waals surface area contributed by atoms with Crippen molar-refractivity contribution in [2.24, 2.45) is 0 Å². The summed E-state index contributed by atoms with van der Waals surface area (Å²) in [4.78, 5) is 0.387. The number of benzene rings is 1. The molecule has 0 saturated heterocycles. The molecule has 17 heavy (non-hydrogen) atoms. The molecular formula is C13H21NO2S. The average Bonchev–Trinajstić information content (AvgIpc) is 2.28. The molecule has 0 amide bonds. The standard InChI is InChI=1S/C13H21NO2S/c1-4-12(14-5-2)10-11-6-8-13(9-7-11)17(3,15)16/h6-9,12,14H,4-5,10H2,1-3H3. The summed E-state index contributed by atoms with van der Waals surface area (Å²) in [6.45, 7) is 5.20. The highest BCUT2D eigenvalue weighted by Crippen LogP contribution is 2.12. The normalized spacial score (nSPS) is 13.6. The van der Waals surface area contributed by atoms with E-state index in [9.17, 15) is 8.42 Å². The highest BCUT2D eigenvalue weighted by atomic mass is 32.2. The van der Waals surface area contributed by atoms with Gasteiger partial charge in [0.2, 0.25) is 0 Å². The van der Waals surface area contributed by atoms with Crippen LogP contribution >= 0.6 is 0 Å². The molecule has 0 aliphatic rings. The third kappa shape index (κ3) is 4.48. The van der Waals surface area contributed by atoms with Crippen LogP contribution < -0.4 is 5.32 Å². The van der Waals surface area contributed by atoms with Crippen molar-refractivity contribution in [3.05, 3.63) is 29.8 Å². The van der Waals surface area contributed by atoms with Gasteiger partial charge in [0.05, 0.1) is 4.90 Å². The minimum absolute atomic E-state index is 0.387. The molecule has 0 spiro atoms. The molecule has 4 heteroatoms. The zero-order chi connectivity index (χ0) is 12.9. The molecule has 1 unspecified atom stereocenters. The van der Waals surface area contributed by atoms with Gasteiger partial charge in [-0.1, -0.05) is 26.0 Å². The van der Waals surface area contributed by atoms with Crippen molar-refractivity contribution in [3.63, 3.8) is 0 Å². The number of rotatable bonds is 6. The van der Waals surface area contributed by atoms with Gasteiger partial charge in [0.1, 0.15) is 0 Å². The summed E-state index contributed by atoms with van der Waals surface area (Å²) in [6.07, 6.45) is 3.24. The second kappa shape index (κ2) is 6.17. The largest absolute Gasteiger partial charge is 0.314 e. The van der Waals surface area contributed by atoms with Crippen molar-refractivity contribution < 1.29 is 8.42 Å². The van der Waals surface area contributed by atoms with Gasteiger partial charge in [0.15, 0.2) is 9.84 Å². The topological polar surface area (TPSA) is 46.2 Å². The van der Waals surface area contributed by atoms with Crippen molar-refractivity contribution in [1.29, 1.82) is 0 Å². The van der Waals surface area contributed by atoms with Gasteiger partial charge in [0, 0.05) is 12.3 Å². The van der Waals surface area contributed by atoms with E-state index in [0.29, 0.717) is 10.9 Å². The van der Waals surface area contributed by atoms with Crippen LogP contribution in [-0.4, -0.2) is 27.3 Å². The van der Waals surface area contributed by atoms with E-state index >= 15 is 0 Å². The molecule has 96 valence electrons. The summed E-state index contributed by atoms with van der Waals surface area (Å²) >= 11 is 0. The lowest BCUT2D eigenvalue weighted by Crippen LogP contribution is -2.30. The molecule has 3 nitrogen and oxygen atoms in total. The molecule has 1 aromatic rings. The Balaban J connectivity index is 2.74. The van der Waals surface area contributed by atoms with E-state index in [1.807, 2.05) is 12.1 Å². The second-order valence-corrected chi connectivity index (χ2v) is 6.30. The average molecular weight is 255 g/mol.